The Morgan fingerprint density at radius 1 is 0.548 bits per heavy atom. The SMILES string of the molecule is CC(CCCOc1ccc(C#N)cc1)(c1ccc(OCc2ccccc2)cc1)c1ccc(OCc2ccccc2)cc1. The van der Waals surface area contributed by atoms with E-state index >= 15 is 0 Å². The van der Waals surface area contributed by atoms with Crippen molar-refractivity contribution < 1.29 is 14.2 Å². The molecule has 0 atom stereocenters. The van der Waals surface area contributed by atoms with Crippen LogP contribution in [0.5, 0.6) is 17.2 Å². The van der Waals surface area contributed by atoms with Gasteiger partial charge in [-0.1, -0.05) is 91.9 Å². The van der Waals surface area contributed by atoms with E-state index in [1.165, 1.54) is 11.1 Å². The normalized spacial score (nSPS) is 11.0. The van der Waals surface area contributed by atoms with Gasteiger partial charge in [-0.05, 0) is 83.6 Å². The lowest BCUT2D eigenvalue weighted by Gasteiger charge is -2.31. The van der Waals surface area contributed by atoms with Crippen molar-refractivity contribution in [3.8, 4) is 23.3 Å². The van der Waals surface area contributed by atoms with E-state index in [1.54, 1.807) is 12.1 Å². The van der Waals surface area contributed by atoms with Crippen LogP contribution in [0.1, 0.15) is 47.6 Å². The first kappa shape index (κ1) is 28.5. The van der Waals surface area contributed by atoms with Crippen LogP contribution in [0.2, 0.25) is 0 Å². The molecule has 0 aliphatic carbocycles. The zero-order chi connectivity index (χ0) is 29.0. The predicted octanol–water partition coefficient (Wildman–Crippen LogP) is 8.88. The first-order valence-electron chi connectivity index (χ1n) is 14.3. The van der Waals surface area contributed by atoms with E-state index in [-0.39, 0.29) is 5.41 Å². The van der Waals surface area contributed by atoms with Crippen molar-refractivity contribution in [1.29, 1.82) is 5.26 Å². The third-order valence-electron chi connectivity index (χ3n) is 7.55. The van der Waals surface area contributed by atoms with Crippen LogP contribution in [0, 0.1) is 11.3 Å². The van der Waals surface area contributed by atoms with Crippen LogP contribution >= 0.6 is 0 Å². The Balaban J connectivity index is 1.29. The van der Waals surface area contributed by atoms with Gasteiger partial charge in [-0.3, -0.25) is 0 Å². The molecule has 0 aromatic heterocycles. The number of hydrogen-bond acceptors (Lipinski definition) is 4. The fourth-order valence-electron chi connectivity index (χ4n) is 5.02. The van der Waals surface area contributed by atoms with Gasteiger partial charge in [-0.25, -0.2) is 0 Å². The maximum atomic E-state index is 9.04. The van der Waals surface area contributed by atoms with Crippen molar-refractivity contribution in [3.63, 3.8) is 0 Å². The van der Waals surface area contributed by atoms with E-state index in [4.69, 9.17) is 19.5 Å². The third kappa shape index (κ3) is 7.59. The summed E-state index contributed by atoms with van der Waals surface area (Å²) < 4.78 is 18.1. The summed E-state index contributed by atoms with van der Waals surface area (Å²) in [6, 6.07) is 46.7. The van der Waals surface area contributed by atoms with Crippen LogP contribution in [0.15, 0.2) is 133 Å². The maximum Gasteiger partial charge on any atom is 0.119 e. The molecule has 5 rings (SSSR count). The molecule has 0 fully saturated rings. The van der Waals surface area contributed by atoms with Crippen LogP contribution in [0.25, 0.3) is 0 Å². The van der Waals surface area contributed by atoms with Crippen LogP contribution in [0.3, 0.4) is 0 Å². The van der Waals surface area contributed by atoms with Crippen molar-refractivity contribution in [1.82, 2.24) is 0 Å². The van der Waals surface area contributed by atoms with Gasteiger partial charge < -0.3 is 14.2 Å². The van der Waals surface area contributed by atoms with Crippen LogP contribution in [-0.4, -0.2) is 6.61 Å². The van der Waals surface area contributed by atoms with E-state index in [0.29, 0.717) is 25.4 Å². The number of nitriles is 1. The third-order valence-corrected chi connectivity index (χ3v) is 7.55. The number of nitrogens with zero attached hydrogens (tertiary/aromatic N) is 1. The molecule has 42 heavy (non-hydrogen) atoms. The highest BCUT2D eigenvalue weighted by Crippen LogP contribution is 2.38. The number of benzene rings is 5. The Bertz CT molecular complexity index is 1470. The van der Waals surface area contributed by atoms with Gasteiger partial charge in [0.1, 0.15) is 30.5 Å². The number of hydrogen-bond donors (Lipinski definition) is 0. The second kappa shape index (κ2) is 14.1. The highest BCUT2D eigenvalue weighted by atomic mass is 16.5. The van der Waals surface area contributed by atoms with Crippen molar-refractivity contribution in [2.75, 3.05) is 6.61 Å². The molecule has 4 heteroatoms. The summed E-state index contributed by atoms with van der Waals surface area (Å²) in [5, 5.41) is 9.04. The van der Waals surface area contributed by atoms with Crippen molar-refractivity contribution in [2.45, 2.75) is 38.4 Å². The minimum atomic E-state index is -0.246. The van der Waals surface area contributed by atoms with Crippen LogP contribution in [0.4, 0.5) is 0 Å². The Kier molecular flexibility index (Phi) is 9.54. The second-order valence-corrected chi connectivity index (χ2v) is 10.5. The van der Waals surface area contributed by atoms with Gasteiger partial charge in [0.05, 0.1) is 18.2 Å². The summed E-state index contributed by atoms with van der Waals surface area (Å²) in [7, 11) is 0. The van der Waals surface area contributed by atoms with Gasteiger partial charge in [0.2, 0.25) is 0 Å². The Labute approximate surface area is 248 Å². The lowest BCUT2D eigenvalue weighted by atomic mass is 9.73. The molecule has 210 valence electrons. The van der Waals surface area contributed by atoms with Gasteiger partial charge in [-0.2, -0.15) is 5.26 Å². The first-order chi connectivity index (χ1) is 20.6. The van der Waals surface area contributed by atoms with E-state index in [2.05, 4.69) is 85.8 Å². The quantitative estimate of drug-likeness (QED) is 0.137. The molecular formula is C38H35NO3. The Morgan fingerprint density at radius 2 is 0.976 bits per heavy atom. The minimum Gasteiger partial charge on any atom is -0.494 e. The van der Waals surface area contributed by atoms with Gasteiger partial charge >= 0.3 is 0 Å². The lowest BCUT2D eigenvalue weighted by molar-refractivity contribution is 0.292. The summed E-state index contributed by atoms with van der Waals surface area (Å²) in [4.78, 5) is 0. The van der Waals surface area contributed by atoms with Crippen LogP contribution in [-0.2, 0) is 18.6 Å². The lowest BCUT2D eigenvalue weighted by Crippen LogP contribution is -2.24. The predicted molar refractivity (Wildman–Crippen MR) is 167 cm³/mol. The smallest absolute Gasteiger partial charge is 0.119 e. The molecule has 4 nitrogen and oxygen atoms in total. The molecule has 0 bridgehead atoms. The Morgan fingerprint density at radius 3 is 1.43 bits per heavy atom. The van der Waals surface area contributed by atoms with Gasteiger partial charge in [0.25, 0.3) is 0 Å². The molecule has 0 aliphatic heterocycles. The summed E-state index contributed by atoms with van der Waals surface area (Å²) in [5.41, 5.74) is 5.09. The summed E-state index contributed by atoms with van der Waals surface area (Å²) in [6.07, 6.45) is 1.74. The monoisotopic (exact) mass is 553 g/mol. The molecule has 0 amide bonds. The average molecular weight is 554 g/mol. The second-order valence-electron chi connectivity index (χ2n) is 10.5. The molecule has 0 radical (unpaired) electrons. The van der Waals surface area contributed by atoms with Gasteiger partial charge in [0, 0.05) is 5.41 Å². The molecule has 0 unspecified atom stereocenters. The number of rotatable bonds is 13. The molecule has 5 aromatic carbocycles. The first-order valence-corrected chi connectivity index (χ1v) is 14.3. The zero-order valence-corrected chi connectivity index (χ0v) is 23.9. The number of ether oxygens (including phenoxy) is 3. The van der Waals surface area contributed by atoms with E-state index in [1.807, 2.05) is 48.5 Å². The average Bonchev–Trinajstić information content (AvgIpc) is 3.06. The highest BCUT2D eigenvalue weighted by Gasteiger charge is 2.29. The van der Waals surface area contributed by atoms with E-state index in [0.717, 1.165) is 41.2 Å². The van der Waals surface area contributed by atoms with Gasteiger partial charge in [-0.15, -0.1) is 0 Å². The van der Waals surface area contributed by atoms with Gasteiger partial charge in [0.15, 0.2) is 0 Å². The summed E-state index contributed by atoms with van der Waals surface area (Å²) in [6.45, 7) is 3.94. The molecule has 5 aromatic rings. The Hall–Kier alpha value is -5.01. The topological polar surface area (TPSA) is 51.5 Å². The summed E-state index contributed by atoms with van der Waals surface area (Å²) in [5.74, 6) is 2.47. The van der Waals surface area contributed by atoms with Crippen LogP contribution < -0.4 is 14.2 Å². The van der Waals surface area contributed by atoms with Crippen molar-refractivity contribution >= 4 is 0 Å². The van der Waals surface area contributed by atoms with E-state index in [9.17, 15) is 0 Å². The zero-order valence-electron chi connectivity index (χ0n) is 23.9. The molecule has 0 N–H and O–H groups in total. The fraction of sp³-hybridized carbons (Fsp3) is 0.184. The largest absolute Gasteiger partial charge is 0.494 e. The molecule has 0 saturated heterocycles. The maximum absolute atomic E-state index is 9.04. The molecule has 0 saturated carbocycles. The minimum absolute atomic E-state index is 0.246. The standard InChI is InChI=1S/C38H35NO3/c1-38(25-8-26-40-35-19-13-30(27-39)14-20-35,33-15-21-36(22-16-33)41-28-31-9-4-2-5-10-31)34-17-23-37(24-18-34)42-29-32-11-6-3-7-12-32/h2-7,9-24H,8,25-26,28-29H2,1H3. The van der Waals surface area contributed by atoms with E-state index < -0.39 is 0 Å². The summed E-state index contributed by atoms with van der Waals surface area (Å²) >= 11 is 0. The molecule has 0 aliphatic rings. The van der Waals surface area contributed by atoms with Crippen molar-refractivity contribution in [2.24, 2.45) is 0 Å². The fourth-order valence-corrected chi connectivity index (χ4v) is 5.02. The molecular weight excluding hydrogens is 518 g/mol. The molecule has 0 spiro atoms. The highest BCUT2D eigenvalue weighted by molar-refractivity contribution is 5.43. The van der Waals surface area contributed by atoms with Crippen molar-refractivity contribution in [3.05, 3.63) is 161 Å². The molecule has 0 heterocycles.